The number of rotatable bonds is 7. The van der Waals surface area contributed by atoms with E-state index in [0.29, 0.717) is 5.69 Å². The van der Waals surface area contributed by atoms with Crippen LogP contribution in [0.3, 0.4) is 0 Å². The minimum atomic E-state index is -1.55. The Labute approximate surface area is 165 Å². The van der Waals surface area contributed by atoms with E-state index in [2.05, 4.69) is 21.2 Å². The number of anilines is 1. The van der Waals surface area contributed by atoms with Gasteiger partial charge in [-0.25, -0.2) is 9.59 Å². The van der Waals surface area contributed by atoms with Gasteiger partial charge in [0.2, 0.25) is 17.9 Å². The van der Waals surface area contributed by atoms with Gasteiger partial charge in [0, 0.05) is 23.1 Å². The fourth-order valence-corrected chi connectivity index (χ4v) is 3.09. The Hall–Kier alpha value is -2.42. The number of benzene rings is 1. The molecule has 1 atom stereocenters. The predicted molar refractivity (Wildman–Crippen MR) is 99.8 cm³/mol. The summed E-state index contributed by atoms with van der Waals surface area (Å²) in [4.78, 5) is 50.3. The van der Waals surface area contributed by atoms with E-state index in [4.69, 9.17) is 9.47 Å². The standard InChI is InChI=1S/C18H21BrN2O6/c1-3-26-17(24)15(18(25)27-4-2)20-16(23)11-8-14(22)21(10-11)13-7-5-6-12(19)9-13/h5-7,9,11,15H,3-4,8,10H2,1-2H3,(H,20,23)/t11-/m1/s1. The van der Waals surface area contributed by atoms with Crippen LogP contribution < -0.4 is 10.2 Å². The Morgan fingerprint density at radius 3 is 2.41 bits per heavy atom. The van der Waals surface area contributed by atoms with Crippen LogP contribution >= 0.6 is 15.9 Å². The zero-order valence-corrected chi connectivity index (χ0v) is 16.7. The van der Waals surface area contributed by atoms with Gasteiger partial charge in [-0.3, -0.25) is 9.59 Å². The molecule has 0 bridgehead atoms. The number of nitrogens with one attached hydrogen (secondary N) is 1. The largest absolute Gasteiger partial charge is 0.464 e. The summed E-state index contributed by atoms with van der Waals surface area (Å²) in [5, 5.41) is 2.36. The summed E-state index contributed by atoms with van der Waals surface area (Å²) in [5.41, 5.74) is 0.664. The lowest BCUT2D eigenvalue weighted by Crippen LogP contribution is -2.50. The van der Waals surface area contributed by atoms with Crippen molar-refractivity contribution in [3.8, 4) is 0 Å². The van der Waals surface area contributed by atoms with Gasteiger partial charge in [0.05, 0.1) is 19.1 Å². The molecule has 2 amide bonds. The van der Waals surface area contributed by atoms with Crippen LogP contribution in [0.5, 0.6) is 0 Å². The average molecular weight is 441 g/mol. The van der Waals surface area contributed by atoms with Gasteiger partial charge >= 0.3 is 11.9 Å². The normalized spacial score (nSPS) is 16.4. The molecule has 0 saturated carbocycles. The quantitative estimate of drug-likeness (QED) is 0.507. The number of hydrogen-bond donors (Lipinski definition) is 1. The summed E-state index contributed by atoms with van der Waals surface area (Å²) in [7, 11) is 0. The van der Waals surface area contributed by atoms with Crippen LogP contribution in [0, 0.1) is 5.92 Å². The van der Waals surface area contributed by atoms with Crippen LogP contribution in [0.15, 0.2) is 28.7 Å². The lowest BCUT2D eigenvalue weighted by Gasteiger charge is -2.19. The molecule has 1 saturated heterocycles. The number of carbonyl (C=O) groups is 4. The van der Waals surface area contributed by atoms with Crippen molar-refractivity contribution in [1.82, 2.24) is 5.32 Å². The minimum Gasteiger partial charge on any atom is -0.464 e. The molecule has 0 spiro atoms. The average Bonchev–Trinajstić information content (AvgIpc) is 3.01. The van der Waals surface area contributed by atoms with Gasteiger partial charge in [-0.1, -0.05) is 22.0 Å². The van der Waals surface area contributed by atoms with Crippen LogP contribution in [0.25, 0.3) is 0 Å². The van der Waals surface area contributed by atoms with Gasteiger partial charge in [0.1, 0.15) is 0 Å². The summed E-state index contributed by atoms with van der Waals surface area (Å²) in [6.45, 7) is 3.45. The third kappa shape index (κ3) is 5.29. The molecule has 1 fully saturated rings. The lowest BCUT2D eigenvalue weighted by atomic mass is 10.1. The molecule has 1 N–H and O–H groups in total. The molecule has 0 unspecified atom stereocenters. The highest BCUT2D eigenvalue weighted by atomic mass is 79.9. The van der Waals surface area contributed by atoms with Gasteiger partial charge in [-0.2, -0.15) is 0 Å². The van der Waals surface area contributed by atoms with Crippen LogP contribution in [0.4, 0.5) is 5.69 Å². The number of amides is 2. The van der Waals surface area contributed by atoms with E-state index in [0.717, 1.165) is 4.47 Å². The highest BCUT2D eigenvalue weighted by molar-refractivity contribution is 9.10. The van der Waals surface area contributed by atoms with Crippen molar-refractivity contribution in [3.05, 3.63) is 28.7 Å². The van der Waals surface area contributed by atoms with E-state index < -0.39 is 29.8 Å². The van der Waals surface area contributed by atoms with Crippen molar-refractivity contribution in [2.24, 2.45) is 5.92 Å². The maximum Gasteiger partial charge on any atom is 0.340 e. The first-order valence-electron chi connectivity index (χ1n) is 8.56. The van der Waals surface area contributed by atoms with E-state index in [-0.39, 0.29) is 32.1 Å². The van der Waals surface area contributed by atoms with Crippen LogP contribution in [0.2, 0.25) is 0 Å². The molecule has 1 heterocycles. The monoisotopic (exact) mass is 440 g/mol. The minimum absolute atomic E-state index is 0.0171. The third-order valence-electron chi connectivity index (χ3n) is 3.95. The molecule has 1 aliphatic rings. The van der Waals surface area contributed by atoms with Crippen molar-refractivity contribution in [2.75, 3.05) is 24.7 Å². The van der Waals surface area contributed by atoms with Crippen molar-refractivity contribution < 1.29 is 28.7 Å². The molecular weight excluding hydrogens is 420 g/mol. The fraction of sp³-hybridized carbons (Fsp3) is 0.444. The summed E-state index contributed by atoms with van der Waals surface area (Å²) in [6, 6.07) is 5.61. The van der Waals surface area contributed by atoms with Crippen molar-refractivity contribution in [3.63, 3.8) is 0 Å². The number of carbonyl (C=O) groups excluding carboxylic acids is 4. The zero-order valence-electron chi connectivity index (χ0n) is 15.1. The molecule has 146 valence electrons. The summed E-state index contributed by atoms with van der Waals surface area (Å²) < 4.78 is 10.5. The molecular formula is C18H21BrN2O6. The van der Waals surface area contributed by atoms with E-state index in [9.17, 15) is 19.2 Å². The Bertz CT molecular complexity index is 720. The summed E-state index contributed by atoms with van der Waals surface area (Å²) in [5.74, 6) is -3.26. The third-order valence-corrected chi connectivity index (χ3v) is 4.44. The molecule has 8 nitrogen and oxygen atoms in total. The van der Waals surface area contributed by atoms with E-state index >= 15 is 0 Å². The Balaban J connectivity index is 2.08. The van der Waals surface area contributed by atoms with Crippen LogP contribution in [-0.4, -0.2) is 49.6 Å². The molecule has 1 aromatic rings. The van der Waals surface area contributed by atoms with Gasteiger partial charge in [0.15, 0.2) is 0 Å². The topological polar surface area (TPSA) is 102 Å². The number of nitrogens with zero attached hydrogens (tertiary/aromatic N) is 1. The number of ether oxygens (including phenoxy) is 2. The first-order chi connectivity index (χ1) is 12.9. The predicted octanol–water partition coefficient (Wildman–Crippen LogP) is 1.41. The highest BCUT2D eigenvalue weighted by Gasteiger charge is 2.39. The number of esters is 2. The first-order valence-corrected chi connectivity index (χ1v) is 9.36. The zero-order chi connectivity index (χ0) is 20.0. The van der Waals surface area contributed by atoms with Gasteiger partial charge in [0.25, 0.3) is 0 Å². The Morgan fingerprint density at radius 2 is 1.85 bits per heavy atom. The van der Waals surface area contributed by atoms with Crippen LogP contribution in [0.1, 0.15) is 20.3 Å². The van der Waals surface area contributed by atoms with E-state index in [1.807, 2.05) is 6.07 Å². The first kappa shape index (κ1) is 20.9. The number of hydrogen-bond acceptors (Lipinski definition) is 6. The fourth-order valence-electron chi connectivity index (χ4n) is 2.70. The summed E-state index contributed by atoms with van der Waals surface area (Å²) in [6.07, 6.45) is -0.0171. The van der Waals surface area contributed by atoms with E-state index in [1.165, 1.54) is 4.90 Å². The second kappa shape index (κ2) is 9.50. The lowest BCUT2D eigenvalue weighted by molar-refractivity contribution is -0.159. The molecule has 0 aliphatic carbocycles. The van der Waals surface area contributed by atoms with Gasteiger partial charge < -0.3 is 19.7 Å². The smallest absolute Gasteiger partial charge is 0.340 e. The highest BCUT2D eigenvalue weighted by Crippen LogP contribution is 2.27. The molecule has 1 aliphatic heterocycles. The summed E-state index contributed by atoms with van der Waals surface area (Å²) >= 11 is 3.35. The molecule has 0 aromatic heterocycles. The molecule has 9 heteroatoms. The maximum atomic E-state index is 12.5. The molecule has 2 rings (SSSR count). The second-order valence-electron chi connectivity index (χ2n) is 5.83. The number of halogens is 1. The Morgan fingerprint density at radius 1 is 1.22 bits per heavy atom. The van der Waals surface area contributed by atoms with E-state index in [1.54, 1.807) is 32.0 Å². The van der Waals surface area contributed by atoms with Crippen molar-refractivity contribution in [1.29, 1.82) is 0 Å². The maximum absolute atomic E-state index is 12.5. The molecule has 1 aromatic carbocycles. The molecule has 27 heavy (non-hydrogen) atoms. The molecule has 0 radical (unpaired) electrons. The van der Waals surface area contributed by atoms with Crippen molar-refractivity contribution in [2.45, 2.75) is 26.3 Å². The van der Waals surface area contributed by atoms with Crippen LogP contribution in [-0.2, 0) is 28.7 Å². The second-order valence-corrected chi connectivity index (χ2v) is 6.75. The van der Waals surface area contributed by atoms with Crippen molar-refractivity contribution >= 4 is 45.4 Å². The van der Waals surface area contributed by atoms with Gasteiger partial charge in [-0.05, 0) is 32.0 Å². The Kier molecular flexibility index (Phi) is 7.35. The van der Waals surface area contributed by atoms with Gasteiger partial charge in [-0.15, -0.1) is 0 Å². The SMILES string of the molecule is CCOC(=O)C(NC(=O)[C@@H]1CC(=O)N(c2cccc(Br)c2)C1)C(=O)OCC.